The Balaban J connectivity index is 1.90. The lowest BCUT2D eigenvalue weighted by Gasteiger charge is -2.23. The van der Waals surface area contributed by atoms with Crippen molar-refractivity contribution in [3.63, 3.8) is 0 Å². The Morgan fingerprint density at radius 1 is 1.65 bits per heavy atom. The van der Waals surface area contributed by atoms with Crippen molar-refractivity contribution in [2.24, 2.45) is 5.84 Å². The number of sulfonamides is 1. The number of nitrogens with one attached hydrogen (secondary N) is 1. The Labute approximate surface area is 100.0 Å². The fourth-order valence-electron chi connectivity index (χ4n) is 2.01. The van der Waals surface area contributed by atoms with E-state index < -0.39 is 16.0 Å². The van der Waals surface area contributed by atoms with Gasteiger partial charge in [-0.05, 0) is 18.9 Å². The third-order valence-corrected chi connectivity index (χ3v) is 3.66. The zero-order valence-corrected chi connectivity index (χ0v) is 10.2. The highest BCUT2D eigenvalue weighted by Crippen LogP contribution is 2.26. The number of aryl methyl sites for hydroxylation is 1. The van der Waals surface area contributed by atoms with Crippen LogP contribution in [0, 0.1) is 0 Å². The minimum absolute atomic E-state index is 0.208. The van der Waals surface area contributed by atoms with Crippen LogP contribution in [-0.2, 0) is 21.3 Å². The Kier molecular flexibility index (Phi) is 3.77. The number of rotatable bonds is 5. The summed E-state index contributed by atoms with van der Waals surface area (Å²) in [7, 11) is -3.50. The van der Waals surface area contributed by atoms with Crippen LogP contribution < -0.4 is 10.7 Å². The molecule has 0 amide bonds. The van der Waals surface area contributed by atoms with Gasteiger partial charge >= 0.3 is 0 Å². The third-order valence-electron chi connectivity index (χ3n) is 2.83. The van der Waals surface area contributed by atoms with E-state index in [1.165, 1.54) is 0 Å². The first-order valence-electron chi connectivity index (χ1n) is 5.42. The van der Waals surface area contributed by atoms with Crippen molar-refractivity contribution in [3.8, 4) is 0 Å². The van der Waals surface area contributed by atoms with Crippen LogP contribution in [0.2, 0.25) is 0 Å². The van der Waals surface area contributed by atoms with Crippen LogP contribution in [0.15, 0.2) is 12.3 Å². The van der Waals surface area contributed by atoms with E-state index in [9.17, 15) is 8.42 Å². The summed E-state index contributed by atoms with van der Waals surface area (Å²) in [6, 6.07) is 1.95. The van der Waals surface area contributed by atoms with E-state index >= 15 is 0 Å². The van der Waals surface area contributed by atoms with Crippen molar-refractivity contribution < 1.29 is 13.2 Å². The van der Waals surface area contributed by atoms with E-state index in [-0.39, 0.29) is 5.92 Å². The molecule has 1 aromatic heterocycles. The molecule has 0 aromatic carbocycles. The monoisotopic (exact) mass is 260 g/mol. The molecule has 17 heavy (non-hydrogen) atoms. The standard InChI is InChI=1S/C9H16N4O3S/c10-12-17(14,15)7-16-6-8-2-1-5-13-9(8)3-4-11-13/h3-4,8,12H,1-2,5-7,10H2. The molecular formula is C9H16N4O3S. The van der Waals surface area contributed by atoms with Gasteiger partial charge in [0.05, 0.1) is 6.61 Å². The molecule has 0 aliphatic carbocycles. The normalized spacial score (nSPS) is 20.2. The minimum Gasteiger partial charge on any atom is -0.363 e. The fourth-order valence-corrected chi connectivity index (χ4v) is 2.40. The molecule has 3 N–H and O–H groups in total. The molecule has 1 unspecified atom stereocenters. The summed E-state index contributed by atoms with van der Waals surface area (Å²) in [5.74, 6) is 4.65. The molecule has 0 fully saturated rings. The molecule has 1 aliphatic rings. The summed E-state index contributed by atoms with van der Waals surface area (Å²) in [5.41, 5.74) is 1.11. The molecule has 0 spiro atoms. The van der Waals surface area contributed by atoms with Gasteiger partial charge in [0, 0.05) is 24.4 Å². The zero-order valence-electron chi connectivity index (χ0n) is 9.37. The molecular weight excluding hydrogens is 244 g/mol. The van der Waals surface area contributed by atoms with Crippen molar-refractivity contribution in [2.75, 3.05) is 12.5 Å². The van der Waals surface area contributed by atoms with E-state index in [4.69, 9.17) is 10.6 Å². The molecule has 0 saturated carbocycles. The molecule has 2 heterocycles. The lowest BCUT2D eigenvalue weighted by molar-refractivity contribution is 0.146. The maximum absolute atomic E-state index is 11.1. The van der Waals surface area contributed by atoms with Gasteiger partial charge in [-0.3, -0.25) is 10.5 Å². The smallest absolute Gasteiger partial charge is 0.248 e. The Morgan fingerprint density at radius 3 is 3.24 bits per heavy atom. The maximum Gasteiger partial charge on any atom is 0.248 e. The van der Waals surface area contributed by atoms with Gasteiger partial charge in [0.25, 0.3) is 0 Å². The zero-order chi connectivity index (χ0) is 12.3. The van der Waals surface area contributed by atoms with Crippen LogP contribution in [-0.4, -0.2) is 30.7 Å². The van der Waals surface area contributed by atoms with Gasteiger partial charge in [-0.25, -0.2) is 8.42 Å². The molecule has 8 heteroatoms. The van der Waals surface area contributed by atoms with Crippen molar-refractivity contribution in [3.05, 3.63) is 18.0 Å². The highest BCUT2D eigenvalue weighted by Gasteiger charge is 2.21. The second-order valence-corrected chi connectivity index (χ2v) is 5.74. The third kappa shape index (κ3) is 3.03. The summed E-state index contributed by atoms with van der Waals surface area (Å²) >= 11 is 0. The van der Waals surface area contributed by atoms with E-state index in [0.717, 1.165) is 25.1 Å². The largest absolute Gasteiger partial charge is 0.363 e. The predicted octanol–water partition coefficient (Wildman–Crippen LogP) is -0.472. The van der Waals surface area contributed by atoms with E-state index in [1.807, 2.05) is 10.7 Å². The minimum atomic E-state index is -3.50. The molecule has 1 aromatic rings. The predicted molar refractivity (Wildman–Crippen MR) is 61.3 cm³/mol. The first-order valence-corrected chi connectivity index (χ1v) is 7.07. The Hall–Kier alpha value is -0.960. The highest BCUT2D eigenvalue weighted by molar-refractivity contribution is 7.89. The summed E-state index contributed by atoms with van der Waals surface area (Å²) in [6.07, 6.45) is 3.78. The lowest BCUT2D eigenvalue weighted by atomic mass is 9.97. The van der Waals surface area contributed by atoms with Crippen LogP contribution in [0.25, 0.3) is 0 Å². The van der Waals surface area contributed by atoms with Crippen LogP contribution in [0.5, 0.6) is 0 Å². The van der Waals surface area contributed by atoms with Crippen molar-refractivity contribution in [1.29, 1.82) is 0 Å². The van der Waals surface area contributed by atoms with Crippen LogP contribution in [0.1, 0.15) is 24.5 Å². The van der Waals surface area contributed by atoms with E-state index in [2.05, 4.69) is 5.10 Å². The summed E-state index contributed by atoms with van der Waals surface area (Å²) < 4.78 is 29.2. The number of ether oxygens (including phenoxy) is 1. The quantitative estimate of drug-likeness (QED) is 0.550. The van der Waals surface area contributed by atoms with Crippen molar-refractivity contribution in [2.45, 2.75) is 25.3 Å². The molecule has 7 nitrogen and oxygen atoms in total. The number of fused-ring (bicyclic) bond motifs is 1. The topological polar surface area (TPSA) is 99.2 Å². The lowest BCUT2D eigenvalue weighted by Crippen LogP contribution is -2.33. The average molecular weight is 260 g/mol. The van der Waals surface area contributed by atoms with Crippen LogP contribution in [0.3, 0.4) is 0 Å². The molecule has 1 aliphatic heterocycles. The molecule has 96 valence electrons. The number of hydrazine groups is 1. The molecule has 2 rings (SSSR count). The Bertz CT molecular complexity index is 470. The highest BCUT2D eigenvalue weighted by atomic mass is 32.2. The maximum atomic E-state index is 11.1. The molecule has 0 radical (unpaired) electrons. The first kappa shape index (κ1) is 12.5. The van der Waals surface area contributed by atoms with Gasteiger partial charge in [-0.15, -0.1) is 0 Å². The Morgan fingerprint density at radius 2 is 2.47 bits per heavy atom. The SMILES string of the molecule is NNS(=O)(=O)COCC1CCCn2nccc21. The van der Waals surface area contributed by atoms with E-state index in [0.29, 0.717) is 6.61 Å². The molecule has 0 saturated heterocycles. The van der Waals surface area contributed by atoms with E-state index in [1.54, 1.807) is 11.0 Å². The van der Waals surface area contributed by atoms with Crippen molar-refractivity contribution in [1.82, 2.24) is 14.6 Å². The average Bonchev–Trinajstić information content (AvgIpc) is 2.78. The number of nitrogens with two attached hydrogens (primary N) is 1. The summed E-state index contributed by atoms with van der Waals surface area (Å²) in [6.45, 7) is 1.29. The summed E-state index contributed by atoms with van der Waals surface area (Å²) in [4.78, 5) is 1.72. The second-order valence-electron chi connectivity index (χ2n) is 4.04. The van der Waals surface area contributed by atoms with Gasteiger partial charge in [0.1, 0.15) is 0 Å². The molecule has 0 bridgehead atoms. The fraction of sp³-hybridized carbons (Fsp3) is 0.667. The number of aromatic nitrogens is 2. The van der Waals surface area contributed by atoms with Gasteiger partial charge in [-0.2, -0.15) is 9.93 Å². The first-order chi connectivity index (χ1) is 8.12. The van der Waals surface area contributed by atoms with Gasteiger partial charge in [0.2, 0.25) is 10.0 Å². The van der Waals surface area contributed by atoms with Crippen molar-refractivity contribution >= 4 is 10.0 Å². The molecule has 1 atom stereocenters. The van der Waals surface area contributed by atoms with Crippen LogP contribution in [0.4, 0.5) is 0 Å². The van der Waals surface area contributed by atoms with Gasteiger partial charge in [-0.1, -0.05) is 0 Å². The number of nitrogens with zero attached hydrogens (tertiary/aromatic N) is 2. The number of hydrogen-bond donors (Lipinski definition) is 2. The second kappa shape index (κ2) is 5.13. The van der Waals surface area contributed by atoms with Gasteiger partial charge < -0.3 is 4.74 Å². The number of hydrogen-bond acceptors (Lipinski definition) is 5. The van der Waals surface area contributed by atoms with Gasteiger partial charge in [0.15, 0.2) is 5.94 Å². The summed E-state index contributed by atoms with van der Waals surface area (Å²) in [5, 5.41) is 4.19. The van der Waals surface area contributed by atoms with Crippen LogP contribution >= 0.6 is 0 Å².